The highest BCUT2D eigenvalue weighted by Gasteiger charge is 2.17. The van der Waals surface area contributed by atoms with Gasteiger partial charge in [-0.2, -0.15) is 0 Å². The van der Waals surface area contributed by atoms with E-state index in [0.717, 1.165) is 77.0 Å². The van der Waals surface area contributed by atoms with Crippen LogP contribution >= 0.6 is 0 Å². The molecule has 0 aliphatic carbocycles. The van der Waals surface area contributed by atoms with Crippen molar-refractivity contribution in [2.24, 2.45) is 0 Å². The number of aliphatic hydroxyl groups excluding tert-OH is 2. The molecule has 0 aromatic carbocycles. The summed E-state index contributed by atoms with van der Waals surface area (Å²) in [6.07, 6.45) is 76.5. The molecule has 0 aliphatic rings. The quantitative estimate of drug-likeness (QED) is 0.0423. The topological polar surface area (TPSA) is 69.6 Å². The Labute approximate surface area is 372 Å². The third-order valence-corrected chi connectivity index (χ3v) is 10.7. The number of carbonyl (C=O) groups is 1. The highest BCUT2D eigenvalue weighted by Crippen LogP contribution is 2.15. The van der Waals surface area contributed by atoms with Crippen LogP contribution in [0.15, 0.2) is 109 Å². The van der Waals surface area contributed by atoms with Gasteiger partial charge in [-0.05, 0) is 96.3 Å². The van der Waals surface area contributed by atoms with Gasteiger partial charge in [0.25, 0.3) is 0 Å². The molecule has 0 radical (unpaired) electrons. The van der Waals surface area contributed by atoms with Gasteiger partial charge < -0.3 is 15.5 Å². The van der Waals surface area contributed by atoms with Crippen LogP contribution in [0.1, 0.15) is 219 Å². The monoisotopic (exact) mass is 830 g/mol. The Hall–Kier alpha value is -2.95. The molecule has 0 aliphatic heterocycles. The first kappa shape index (κ1) is 57.1. The van der Waals surface area contributed by atoms with Crippen LogP contribution in [0.4, 0.5) is 0 Å². The second-order valence-electron chi connectivity index (χ2n) is 16.5. The van der Waals surface area contributed by atoms with Crippen molar-refractivity contribution in [2.45, 2.75) is 231 Å². The van der Waals surface area contributed by atoms with E-state index < -0.39 is 12.1 Å². The van der Waals surface area contributed by atoms with Gasteiger partial charge in [0.05, 0.1) is 18.8 Å². The highest BCUT2D eigenvalue weighted by atomic mass is 16.3. The number of unbranched alkanes of at least 4 members (excludes halogenated alkanes) is 21. The largest absolute Gasteiger partial charge is 0.394 e. The number of hydrogen-bond donors (Lipinski definition) is 3. The first-order valence-electron chi connectivity index (χ1n) is 25.1. The van der Waals surface area contributed by atoms with Crippen LogP contribution in [-0.4, -0.2) is 34.9 Å². The first-order valence-corrected chi connectivity index (χ1v) is 25.1. The Morgan fingerprint density at radius 3 is 1.17 bits per heavy atom. The summed E-state index contributed by atoms with van der Waals surface area (Å²) in [7, 11) is 0. The van der Waals surface area contributed by atoms with Gasteiger partial charge in [-0.1, -0.05) is 226 Å². The average molecular weight is 830 g/mol. The van der Waals surface area contributed by atoms with Crippen molar-refractivity contribution in [3.05, 3.63) is 109 Å². The summed E-state index contributed by atoms with van der Waals surface area (Å²) < 4.78 is 0. The maximum atomic E-state index is 12.4. The van der Waals surface area contributed by atoms with E-state index in [0.29, 0.717) is 6.42 Å². The van der Waals surface area contributed by atoms with Gasteiger partial charge in [0.2, 0.25) is 5.91 Å². The second-order valence-corrected chi connectivity index (χ2v) is 16.5. The van der Waals surface area contributed by atoms with Crippen molar-refractivity contribution in [3.8, 4) is 0 Å². The Balaban J connectivity index is 3.54. The zero-order valence-electron chi connectivity index (χ0n) is 39.2. The molecule has 342 valence electrons. The molecule has 0 saturated heterocycles. The molecule has 2 unspecified atom stereocenters. The predicted octanol–water partition coefficient (Wildman–Crippen LogP) is 16.4. The van der Waals surface area contributed by atoms with E-state index in [-0.39, 0.29) is 12.5 Å². The summed E-state index contributed by atoms with van der Waals surface area (Å²) in [5.74, 6) is -0.0827. The van der Waals surface area contributed by atoms with E-state index in [9.17, 15) is 15.0 Å². The van der Waals surface area contributed by atoms with Crippen LogP contribution in [0.2, 0.25) is 0 Å². The summed E-state index contributed by atoms with van der Waals surface area (Å²) in [6, 6.07) is -0.650. The number of aliphatic hydroxyl groups is 2. The van der Waals surface area contributed by atoms with Crippen molar-refractivity contribution < 1.29 is 15.0 Å². The molecular weight excluding hydrogens is 735 g/mol. The molecule has 0 rings (SSSR count). The molecule has 0 heterocycles. The minimum Gasteiger partial charge on any atom is -0.394 e. The first-order chi connectivity index (χ1) is 29.7. The van der Waals surface area contributed by atoms with Crippen molar-refractivity contribution in [3.63, 3.8) is 0 Å². The lowest BCUT2D eigenvalue weighted by molar-refractivity contribution is -0.123. The van der Waals surface area contributed by atoms with Gasteiger partial charge >= 0.3 is 0 Å². The summed E-state index contributed by atoms with van der Waals surface area (Å²) in [5.41, 5.74) is 0. The Morgan fingerprint density at radius 1 is 0.417 bits per heavy atom. The summed E-state index contributed by atoms with van der Waals surface area (Å²) in [4.78, 5) is 12.4. The number of nitrogens with one attached hydrogen (secondary N) is 1. The molecule has 3 N–H and O–H groups in total. The fourth-order valence-electron chi connectivity index (χ4n) is 6.92. The van der Waals surface area contributed by atoms with E-state index in [1.165, 1.54) is 122 Å². The van der Waals surface area contributed by atoms with Gasteiger partial charge in [-0.15, -0.1) is 0 Å². The van der Waals surface area contributed by atoms with Crippen molar-refractivity contribution in [1.82, 2.24) is 5.32 Å². The van der Waals surface area contributed by atoms with Crippen molar-refractivity contribution in [1.29, 1.82) is 0 Å². The van der Waals surface area contributed by atoms with Crippen molar-refractivity contribution in [2.75, 3.05) is 6.61 Å². The van der Waals surface area contributed by atoms with E-state index in [1.807, 2.05) is 6.08 Å². The van der Waals surface area contributed by atoms with E-state index in [2.05, 4.69) is 116 Å². The maximum absolute atomic E-state index is 12.4. The average Bonchev–Trinajstić information content (AvgIpc) is 3.25. The van der Waals surface area contributed by atoms with Gasteiger partial charge in [-0.3, -0.25) is 4.79 Å². The number of allylic oxidation sites excluding steroid dienone is 17. The Kier molecular flexibility index (Phi) is 47.9. The SMILES string of the molecule is CC/C=C\C/C=C\C/C=C\C/C=C\C/C=C\C/C=C\CCCCCCCCCCCCCCCCCCC(=O)NC(CO)C(O)/C=C/CC/C=C/CC/C=C/CCCCC. The fourth-order valence-corrected chi connectivity index (χ4v) is 6.92. The zero-order valence-corrected chi connectivity index (χ0v) is 39.2. The van der Waals surface area contributed by atoms with Crippen LogP contribution < -0.4 is 5.32 Å². The molecule has 60 heavy (non-hydrogen) atoms. The van der Waals surface area contributed by atoms with Gasteiger partial charge in [-0.25, -0.2) is 0 Å². The molecule has 0 aromatic heterocycles. The minimum absolute atomic E-state index is 0.0827. The third kappa shape index (κ3) is 46.1. The summed E-state index contributed by atoms with van der Waals surface area (Å²) in [6.45, 7) is 4.13. The van der Waals surface area contributed by atoms with Crippen LogP contribution in [-0.2, 0) is 4.79 Å². The molecule has 4 nitrogen and oxygen atoms in total. The van der Waals surface area contributed by atoms with E-state index in [4.69, 9.17) is 0 Å². The molecule has 4 heteroatoms. The van der Waals surface area contributed by atoms with Crippen LogP contribution in [0.3, 0.4) is 0 Å². The van der Waals surface area contributed by atoms with Crippen LogP contribution in [0.25, 0.3) is 0 Å². The van der Waals surface area contributed by atoms with E-state index in [1.54, 1.807) is 6.08 Å². The Bertz CT molecular complexity index is 1170. The number of rotatable bonds is 44. The zero-order chi connectivity index (χ0) is 43.5. The minimum atomic E-state index is -0.874. The molecule has 0 aromatic rings. The fraction of sp³-hybridized carbons (Fsp3) is 0.661. The molecule has 1 amide bonds. The lowest BCUT2D eigenvalue weighted by atomic mass is 10.0. The normalized spacial score (nSPS) is 13.9. The molecule has 0 bridgehead atoms. The third-order valence-electron chi connectivity index (χ3n) is 10.7. The lowest BCUT2D eigenvalue weighted by Gasteiger charge is -2.19. The maximum Gasteiger partial charge on any atom is 0.220 e. The molecule has 0 spiro atoms. The van der Waals surface area contributed by atoms with Gasteiger partial charge in [0, 0.05) is 6.42 Å². The number of carbonyl (C=O) groups excluding carboxylic acids is 1. The van der Waals surface area contributed by atoms with Gasteiger partial charge in [0.1, 0.15) is 0 Å². The molecule has 2 atom stereocenters. The molecule has 0 fully saturated rings. The highest BCUT2D eigenvalue weighted by molar-refractivity contribution is 5.76. The van der Waals surface area contributed by atoms with E-state index >= 15 is 0 Å². The Morgan fingerprint density at radius 2 is 0.750 bits per heavy atom. The molecule has 0 saturated carbocycles. The van der Waals surface area contributed by atoms with Crippen LogP contribution in [0.5, 0.6) is 0 Å². The lowest BCUT2D eigenvalue weighted by Crippen LogP contribution is -2.45. The second kappa shape index (κ2) is 50.4. The van der Waals surface area contributed by atoms with Crippen LogP contribution in [0, 0.1) is 0 Å². The number of amides is 1. The van der Waals surface area contributed by atoms with Gasteiger partial charge in [0.15, 0.2) is 0 Å². The molecular formula is C56H95NO3. The standard InChI is InChI=1S/C56H95NO3/c1-3-5-7-9-11-13-15-17-18-19-20-21-22-23-24-25-26-27-28-29-30-31-32-33-34-35-36-37-38-40-42-44-46-48-50-52-56(60)57-54(53-58)55(59)51-49-47-45-43-41-39-16-14-12-10-8-6-4-2/h5,7,11-14,17-18,20-21,23-24,26-27,41,43,49,51,54-55,58-59H,3-4,6,8-10,15-16,19,22,25,28-40,42,44-48,50,52-53H2,1-2H3,(H,57,60)/b7-5-,13-11-,14-12+,18-17-,21-20-,24-23-,27-26-,43-41+,51-49+. The summed E-state index contributed by atoms with van der Waals surface area (Å²) >= 11 is 0. The van der Waals surface area contributed by atoms with Crippen molar-refractivity contribution >= 4 is 5.91 Å². The number of hydrogen-bond acceptors (Lipinski definition) is 3. The summed E-state index contributed by atoms with van der Waals surface area (Å²) in [5, 5.41) is 23.0. The predicted molar refractivity (Wildman–Crippen MR) is 266 cm³/mol. The smallest absolute Gasteiger partial charge is 0.220 e.